The number of rotatable bonds is 5. The number of halogens is 1. The maximum atomic E-state index is 11.7. The van der Waals surface area contributed by atoms with Crippen LogP contribution < -0.4 is 4.74 Å². The SMILES string of the molecule is COc1ccc(C(=O)OCCCF)cc1. The maximum absolute atomic E-state index is 11.7. The zero-order valence-electron chi connectivity index (χ0n) is 8.53. The number of esters is 1. The largest absolute Gasteiger partial charge is 0.497 e. The van der Waals surface area contributed by atoms with Gasteiger partial charge in [0.15, 0.2) is 0 Å². The molecule has 0 atom stereocenters. The third kappa shape index (κ3) is 3.58. The minimum Gasteiger partial charge on any atom is -0.497 e. The lowest BCUT2D eigenvalue weighted by atomic mass is 10.2. The Balaban J connectivity index is 2.50. The zero-order valence-corrected chi connectivity index (χ0v) is 8.53. The lowest BCUT2D eigenvalue weighted by molar-refractivity contribution is 0.0494. The Hall–Kier alpha value is -1.58. The highest BCUT2D eigenvalue weighted by Crippen LogP contribution is 2.12. The summed E-state index contributed by atoms with van der Waals surface area (Å²) in [6, 6.07) is 6.56. The minimum atomic E-state index is -0.476. The first kappa shape index (κ1) is 11.5. The van der Waals surface area contributed by atoms with E-state index in [1.165, 1.54) is 0 Å². The van der Waals surface area contributed by atoms with Crippen LogP contribution in [0.25, 0.3) is 0 Å². The van der Waals surface area contributed by atoms with E-state index >= 15 is 0 Å². The van der Waals surface area contributed by atoms with Gasteiger partial charge < -0.3 is 9.47 Å². The van der Waals surface area contributed by atoms with Crippen LogP contribution in [0.5, 0.6) is 5.75 Å². The highest BCUT2D eigenvalue weighted by Gasteiger charge is 2.06. The molecule has 1 aromatic rings. The molecule has 3 nitrogen and oxygen atoms in total. The third-order valence-corrected chi connectivity index (χ3v) is 1.84. The van der Waals surface area contributed by atoms with Gasteiger partial charge in [0.25, 0.3) is 0 Å². The van der Waals surface area contributed by atoms with Gasteiger partial charge in [0, 0.05) is 6.42 Å². The second-order valence-corrected chi connectivity index (χ2v) is 2.91. The molecule has 0 saturated heterocycles. The fourth-order valence-electron chi connectivity index (χ4n) is 1.03. The average molecular weight is 212 g/mol. The van der Waals surface area contributed by atoms with Crippen molar-refractivity contribution in [2.24, 2.45) is 0 Å². The van der Waals surface area contributed by atoms with E-state index in [1.54, 1.807) is 31.4 Å². The molecule has 0 aliphatic carbocycles. The van der Waals surface area contributed by atoms with Gasteiger partial charge in [-0.1, -0.05) is 0 Å². The summed E-state index contributed by atoms with van der Waals surface area (Å²) < 4.78 is 21.5. The van der Waals surface area contributed by atoms with Crippen molar-refractivity contribution in [1.29, 1.82) is 0 Å². The second-order valence-electron chi connectivity index (χ2n) is 2.91. The predicted molar refractivity (Wildman–Crippen MR) is 53.9 cm³/mol. The minimum absolute atomic E-state index is 0.112. The van der Waals surface area contributed by atoms with Crippen LogP contribution in [0, 0.1) is 0 Å². The molecule has 0 spiro atoms. The Morgan fingerprint density at radius 1 is 1.33 bits per heavy atom. The first-order chi connectivity index (χ1) is 7.27. The highest BCUT2D eigenvalue weighted by atomic mass is 19.1. The Bertz CT molecular complexity index is 308. The molecule has 0 fully saturated rings. The second kappa shape index (κ2) is 6.01. The third-order valence-electron chi connectivity index (χ3n) is 1.84. The van der Waals surface area contributed by atoms with Gasteiger partial charge >= 0.3 is 5.97 Å². The van der Waals surface area contributed by atoms with Crippen LogP contribution in [0.2, 0.25) is 0 Å². The van der Waals surface area contributed by atoms with E-state index in [1.807, 2.05) is 0 Å². The fraction of sp³-hybridized carbons (Fsp3) is 0.364. The van der Waals surface area contributed by atoms with Crippen LogP contribution in [0.4, 0.5) is 4.39 Å². The molecular formula is C11H13FO3. The lowest BCUT2D eigenvalue weighted by Gasteiger charge is -2.04. The Morgan fingerprint density at radius 3 is 2.53 bits per heavy atom. The van der Waals surface area contributed by atoms with E-state index in [0.717, 1.165) is 0 Å². The van der Waals surface area contributed by atoms with E-state index in [-0.39, 0.29) is 13.0 Å². The molecule has 0 unspecified atom stereocenters. The summed E-state index contributed by atoms with van der Waals surface area (Å²) in [4.78, 5) is 11.3. The number of ether oxygens (including phenoxy) is 2. The van der Waals surface area contributed by atoms with Crippen molar-refractivity contribution in [3.05, 3.63) is 29.8 Å². The molecule has 0 aliphatic heterocycles. The van der Waals surface area contributed by atoms with Gasteiger partial charge in [0.05, 0.1) is 26.0 Å². The van der Waals surface area contributed by atoms with Crippen molar-refractivity contribution in [3.8, 4) is 5.75 Å². The van der Waals surface area contributed by atoms with E-state index in [9.17, 15) is 9.18 Å². The Labute approximate surface area is 87.8 Å². The Morgan fingerprint density at radius 2 is 2.00 bits per heavy atom. The summed E-state index contributed by atoms with van der Waals surface area (Å²) in [5, 5.41) is 0. The highest BCUT2D eigenvalue weighted by molar-refractivity contribution is 5.89. The van der Waals surface area contributed by atoms with Gasteiger partial charge in [-0.2, -0.15) is 0 Å². The van der Waals surface area contributed by atoms with E-state index in [4.69, 9.17) is 9.47 Å². The number of alkyl halides is 1. The molecule has 4 heteroatoms. The summed E-state index contributed by atoms with van der Waals surface area (Å²) in [6.07, 6.45) is 0.238. The smallest absolute Gasteiger partial charge is 0.338 e. The van der Waals surface area contributed by atoms with E-state index in [0.29, 0.717) is 11.3 Å². The average Bonchev–Trinajstić information content (AvgIpc) is 2.29. The van der Waals surface area contributed by atoms with Gasteiger partial charge in [-0.25, -0.2) is 4.79 Å². The molecular weight excluding hydrogens is 199 g/mol. The summed E-state index contributed by atoms with van der Waals surface area (Å²) in [7, 11) is 1.55. The number of hydrogen-bond acceptors (Lipinski definition) is 3. The van der Waals surface area contributed by atoms with Crippen molar-refractivity contribution in [2.45, 2.75) is 6.42 Å². The van der Waals surface area contributed by atoms with Gasteiger partial charge in [-0.05, 0) is 24.3 Å². The molecule has 0 amide bonds. The topological polar surface area (TPSA) is 35.5 Å². The monoisotopic (exact) mass is 212 g/mol. The van der Waals surface area contributed by atoms with Gasteiger partial charge in [0.1, 0.15) is 5.75 Å². The van der Waals surface area contributed by atoms with Crippen LogP contribution in [-0.4, -0.2) is 26.4 Å². The molecule has 0 N–H and O–H groups in total. The first-order valence-electron chi connectivity index (χ1n) is 4.65. The van der Waals surface area contributed by atoms with Crippen molar-refractivity contribution in [2.75, 3.05) is 20.4 Å². The van der Waals surface area contributed by atoms with Crippen LogP contribution in [0.3, 0.4) is 0 Å². The summed E-state index contributed by atoms with van der Waals surface area (Å²) in [5.74, 6) is 0.237. The molecule has 1 rings (SSSR count). The number of hydrogen-bond donors (Lipinski definition) is 0. The van der Waals surface area contributed by atoms with Crippen molar-refractivity contribution >= 4 is 5.97 Å². The van der Waals surface area contributed by atoms with Gasteiger partial charge in [-0.15, -0.1) is 0 Å². The van der Waals surface area contributed by atoms with Crippen molar-refractivity contribution < 1.29 is 18.7 Å². The van der Waals surface area contributed by atoms with Crippen molar-refractivity contribution in [3.63, 3.8) is 0 Å². The summed E-state index contributed by atoms with van der Waals surface area (Å²) in [6.45, 7) is -0.364. The maximum Gasteiger partial charge on any atom is 0.338 e. The quantitative estimate of drug-likeness (QED) is 0.554. The first-order valence-corrected chi connectivity index (χ1v) is 4.65. The van der Waals surface area contributed by atoms with Crippen LogP contribution in [-0.2, 0) is 4.74 Å². The Kier molecular flexibility index (Phi) is 4.60. The van der Waals surface area contributed by atoms with Gasteiger partial charge in [-0.3, -0.25) is 4.39 Å². The predicted octanol–water partition coefficient (Wildman–Crippen LogP) is 2.21. The van der Waals surface area contributed by atoms with Crippen LogP contribution in [0.1, 0.15) is 16.8 Å². The van der Waals surface area contributed by atoms with E-state index < -0.39 is 12.6 Å². The normalized spacial score (nSPS) is 9.73. The number of carbonyl (C=O) groups excluding carboxylic acids is 1. The molecule has 0 heterocycles. The number of carbonyl (C=O) groups is 1. The lowest BCUT2D eigenvalue weighted by Crippen LogP contribution is -2.06. The summed E-state index contributed by atoms with van der Waals surface area (Å²) in [5.41, 5.74) is 0.439. The van der Waals surface area contributed by atoms with Crippen LogP contribution >= 0.6 is 0 Å². The molecule has 0 radical (unpaired) electrons. The van der Waals surface area contributed by atoms with Crippen LogP contribution in [0.15, 0.2) is 24.3 Å². The number of benzene rings is 1. The standard InChI is InChI=1S/C11H13FO3/c1-14-10-5-3-9(4-6-10)11(13)15-8-2-7-12/h3-6H,2,7-8H2,1H3. The molecule has 0 bridgehead atoms. The number of methoxy groups -OCH3 is 1. The molecule has 0 saturated carbocycles. The molecule has 0 aromatic heterocycles. The van der Waals surface area contributed by atoms with E-state index in [2.05, 4.69) is 0 Å². The zero-order chi connectivity index (χ0) is 11.1. The molecule has 1 aromatic carbocycles. The van der Waals surface area contributed by atoms with Gasteiger partial charge in [0.2, 0.25) is 0 Å². The fourth-order valence-corrected chi connectivity index (χ4v) is 1.03. The molecule has 0 aliphatic rings. The molecule has 82 valence electrons. The summed E-state index contributed by atoms with van der Waals surface area (Å²) >= 11 is 0. The molecule has 15 heavy (non-hydrogen) atoms. The van der Waals surface area contributed by atoms with Crippen molar-refractivity contribution in [1.82, 2.24) is 0 Å².